The molecule has 1 atom stereocenters. The molecule has 1 aliphatic rings. The lowest BCUT2D eigenvalue weighted by atomic mass is 10.1. The highest BCUT2D eigenvalue weighted by atomic mass is 16.1. The van der Waals surface area contributed by atoms with E-state index in [1.807, 2.05) is 0 Å². The molecule has 0 radical (unpaired) electrons. The van der Waals surface area contributed by atoms with Crippen LogP contribution >= 0.6 is 0 Å². The van der Waals surface area contributed by atoms with Crippen molar-refractivity contribution in [2.75, 3.05) is 6.54 Å². The van der Waals surface area contributed by atoms with Crippen molar-refractivity contribution in [1.82, 2.24) is 15.3 Å². The lowest BCUT2D eigenvalue weighted by Gasteiger charge is -2.06. The first kappa shape index (κ1) is 8.31. The van der Waals surface area contributed by atoms with Crippen LogP contribution in [0.2, 0.25) is 0 Å². The molecule has 2 rings (SSSR count). The minimum Gasteiger partial charge on any atom is -0.307 e. The highest BCUT2D eigenvalue weighted by molar-refractivity contribution is 5.98. The van der Waals surface area contributed by atoms with Crippen LogP contribution in [0.25, 0.3) is 0 Å². The Morgan fingerprint density at radius 2 is 2.46 bits per heavy atom. The number of nitrogens with zero attached hydrogens (tertiary/aromatic N) is 2. The van der Waals surface area contributed by atoms with Crippen LogP contribution in [0.4, 0.5) is 0 Å². The van der Waals surface area contributed by atoms with Gasteiger partial charge in [0.05, 0.1) is 12.2 Å². The third-order valence-electron chi connectivity index (χ3n) is 2.19. The maximum atomic E-state index is 11.7. The monoisotopic (exact) mass is 177 g/mol. The Kier molecular flexibility index (Phi) is 2.31. The smallest absolute Gasteiger partial charge is 0.199 e. The molecular formula is C9H11N3O. The molecule has 1 saturated heterocycles. The van der Waals surface area contributed by atoms with E-state index in [4.69, 9.17) is 0 Å². The molecule has 1 aromatic heterocycles. The maximum absolute atomic E-state index is 11.7. The molecule has 2 heterocycles. The predicted molar refractivity (Wildman–Crippen MR) is 47.4 cm³/mol. The van der Waals surface area contributed by atoms with Gasteiger partial charge >= 0.3 is 0 Å². The number of hydrogen-bond donors (Lipinski definition) is 1. The second-order valence-corrected chi connectivity index (χ2v) is 3.10. The highest BCUT2D eigenvalue weighted by Gasteiger charge is 2.23. The largest absolute Gasteiger partial charge is 0.307 e. The van der Waals surface area contributed by atoms with E-state index in [1.54, 1.807) is 12.4 Å². The molecule has 0 aromatic carbocycles. The molecule has 1 aromatic rings. The fourth-order valence-electron chi connectivity index (χ4n) is 1.51. The minimum absolute atomic E-state index is 0.0447. The number of carbonyl (C=O) groups is 1. The lowest BCUT2D eigenvalue weighted by molar-refractivity contribution is 0.0947. The summed E-state index contributed by atoms with van der Waals surface area (Å²) >= 11 is 0. The van der Waals surface area contributed by atoms with Gasteiger partial charge in [0.25, 0.3) is 0 Å². The molecule has 4 heteroatoms. The Labute approximate surface area is 76.4 Å². The van der Waals surface area contributed by atoms with E-state index in [2.05, 4.69) is 15.3 Å². The summed E-state index contributed by atoms with van der Waals surface area (Å²) in [5.41, 5.74) is 0.460. The number of nitrogens with one attached hydrogen (secondary N) is 1. The molecule has 1 N–H and O–H groups in total. The number of ketones is 1. The van der Waals surface area contributed by atoms with Gasteiger partial charge in [0.15, 0.2) is 5.78 Å². The van der Waals surface area contributed by atoms with E-state index in [0.717, 1.165) is 19.4 Å². The number of Topliss-reactive ketones (excluding diaryl/α,β-unsaturated/α-hetero) is 1. The Balaban J connectivity index is 2.13. The quantitative estimate of drug-likeness (QED) is 0.665. The second kappa shape index (κ2) is 3.62. The van der Waals surface area contributed by atoms with Crippen LogP contribution in [0.15, 0.2) is 18.6 Å². The van der Waals surface area contributed by atoms with Crippen molar-refractivity contribution in [2.45, 2.75) is 18.9 Å². The number of rotatable bonds is 2. The molecule has 68 valence electrons. The van der Waals surface area contributed by atoms with Crippen molar-refractivity contribution in [2.24, 2.45) is 0 Å². The fraction of sp³-hybridized carbons (Fsp3) is 0.444. The first-order valence-electron chi connectivity index (χ1n) is 4.41. The first-order valence-corrected chi connectivity index (χ1v) is 4.41. The number of aromatic nitrogens is 2. The topological polar surface area (TPSA) is 54.9 Å². The Bertz CT molecular complexity index is 293. The highest BCUT2D eigenvalue weighted by Crippen LogP contribution is 2.09. The molecule has 13 heavy (non-hydrogen) atoms. The fourth-order valence-corrected chi connectivity index (χ4v) is 1.51. The van der Waals surface area contributed by atoms with Gasteiger partial charge in [0.1, 0.15) is 5.69 Å². The molecular weight excluding hydrogens is 166 g/mol. The van der Waals surface area contributed by atoms with Crippen LogP contribution < -0.4 is 5.32 Å². The zero-order chi connectivity index (χ0) is 9.10. The molecule has 1 unspecified atom stereocenters. The van der Waals surface area contributed by atoms with Gasteiger partial charge in [-0.1, -0.05) is 0 Å². The molecule has 0 saturated carbocycles. The molecule has 0 aliphatic carbocycles. The average Bonchev–Trinajstić information content (AvgIpc) is 2.71. The SMILES string of the molecule is O=C(c1cnccn1)C1CCCN1. The van der Waals surface area contributed by atoms with Crippen molar-refractivity contribution in [3.63, 3.8) is 0 Å². The summed E-state index contributed by atoms with van der Waals surface area (Å²) in [6.45, 7) is 0.927. The van der Waals surface area contributed by atoms with Gasteiger partial charge < -0.3 is 5.32 Å². The van der Waals surface area contributed by atoms with Crippen molar-refractivity contribution in [3.8, 4) is 0 Å². The third kappa shape index (κ3) is 1.72. The van der Waals surface area contributed by atoms with Gasteiger partial charge in [0, 0.05) is 12.4 Å². The van der Waals surface area contributed by atoms with Gasteiger partial charge in [-0.15, -0.1) is 0 Å². The summed E-state index contributed by atoms with van der Waals surface area (Å²) in [5, 5.41) is 3.14. The van der Waals surface area contributed by atoms with Crippen LogP contribution in [0.1, 0.15) is 23.3 Å². The molecule has 1 aliphatic heterocycles. The molecule has 0 amide bonds. The van der Waals surface area contributed by atoms with Crippen LogP contribution in [0.3, 0.4) is 0 Å². The van der Waals surface area contributed by atoms with Crippen LogP contribution in [0, 0.1) is 0 Å². The Morgan fingerprint density at radius 1 is 1.54 bits per heavy atom. The molecule has 4 nitrogen and oxygen atoms in total. The van der Waals surface area contributed by atoms with Crippen LogP contribution in [0.5, 0.6) is 0 Å². The van der Waals surface area contributed by atoms with E-state index in [9.17, 15) is 4.79 Å². The molecule has 1 fully saturated rings. The summed E-state index contributed by atoms with van der Waals surface area (Å²) in [6.07, 6.45) is 6.61. The van der Waals surface area contributed by atoms with Crippen LogP contribution in [-0.4, -0.2) is 28.3 Å². The van der Waals surface area contributed by atoms with Crippen molar-refractivity contribution < 1.29 is 4.79 Å². The number of hydrogen-bond acceptors (Lipinski definition) is 4. The summed E-state index contributed by atoms with van der Waals surface area (Å²) in [6, 6.07) is -0.0447. The third-order valence-corrected chi connectivity index (χ3v) is 2.19. The summed E-state index contributed by atoms with van der Waals surface area (Å²) in [7, 11) is 0. The summed E-state index contributed by atoms with van der Waals surface area (Å²) < 4.78 is 0. The Hall–Kier alpha value is -1.29. The average molecular weight is 177 g/mol. The predicted octanol–water partition coefficient (Wildman–Crippen LogP) is 0.411. The van der Waals surface area contributed by atoms with Crippen molar-refractivity contribution >= 4 is 5.78 Å². The lowest BCUT2D eigenvalue weighted by Crippen LogP contribution is -2.31. The van der Waals surface area contributed by atoms with Crippen LogP contribution in [-0.2, 0) is 0 Å². The van der Waals surface area contributed by atoms with Gasteiger partial charge in [-0.05, 0) is 19.4 Å². The Morgan fingerprint density at radius 3 is 3.08 bits per heavy atom. The maximum Gasteiger partial charge on any atom is 0.199 e. The van der Waals surface area contributed by atoms with Crippen molar-refractivity contribution in [3.05, 3.63) is 24.3 Å². The normalized spacial score (nSPS) is 21.7. The van der Waals surface area contributed by atoms with E-state index >= 15 is 0 Å². The summed E-state index contributed by atoms with van der Waals surface area (Å²) in [5.74, 6) is 0.0607. The zero-order valence-electron chi connectivity index (χ0n) is 7.23. The summed E-state index contributed by atoms with van der Waals surface area (Å²) in [4.78, 5) is 19.5. The van der Waals surface area contributed by atoms with Crippen molar-refractivity contribution in [1.29, 1.82) is 0 Å². The van der Waals surface area contributed by atoms with E-state index in [0.29, 0.717) is 5.69 Å². The first-order chi connectivity index (χ1) is 6.38. The zero-order valence-corrected chi connectivity index (χ0v) is 7.23. The van der Waals surface area contributed by atoms with Gasteiger partial charge in [-0.2, -0.15) is 0 Å². The van der Waals surface area contributed by atoms with Gasteiger partial charge in [-0.25, -0.2) is 4.98 Å². The second-order valence-electron chi connectivity index (χ2n) is 3.10. The minimum atomic E-state index is -0.0447. The van der Waals surface area contributed by atoms with E-state index in [-0.39, 0.29) is 11.8 Å². The van der Waals surface area contributed by atoms with E-state index < -0.39 is 0 Å². The van der Waals surface area contributed by atoms with E-state index in [1.165, 1.54) is 6.20 Å². The van der Waals surface area contributed by atoms with Gasteiger partial charge in [-0.3, -0.25) is 9.78 Å². The molecule has 0 spiro atoms. The standard InChI is InChI=1S/C9H11N3O/c13-9(7-2-1-3-11-7)8-6-10-4-5-12-8/h4-7,11H,1-3H2. The molecule has 0 bridgehead atoms. The number of carbonyl (C=O) groups excluding carboxylic acids is 1. The van der Waals surface area contributed by atoms with Gasteiger partial charge in [0.2, 0.25) is 0 Å².